The Labute approximate surface area is 354 Å². The predicted octanol–water partition coefficient (Wildman–Crippen LogP) is -16.7. The van der Waals surface area contributed by atoms with E-state index in [1.165, 1.54) is 29.4 Å². The monoisotopic (exact) mass is 570 g/mol. The Morgan fingerprint density at radius 3 is 1.84 bits per heavy atom. The quantitative estimate of drug-likeness (QED) is 0.178. The Morgan fingerprint density at radius 1 is 0.906 bits per heavy atom. The molecule has 1 amide bonds. The largest absolute Gasteiger partial charge is 1.00 e. The number of amides is 1. The van der Waals surface area contributed by atoms with Crippen molar-refractivity contribution in [2.45, 2.75) is 24.9 Å². The summed E-state index contributed by atoms with van der Waals surface area (Å²) in [6.07, 6.45) is -1.46. The van der Waals surface area contributed by atoms with Crippen molar-refractivity contribution >= 4 is 31.6 Å². The van der Waals surface area contributed by atoms with Gasteiger partial charge in [0.25, 0.3) is 5.91 Å². The number of carbonyl (C=O) groups is 4. The number of nitrogens with one attached hydrogen (secondary N) is 2. The maximum atomic E-state index is 11.9. The van der Waals surface area contributed by atoms with Crippen LogP contribution in [0.15, 0.2) is 30.3 Å². The van der Waals surface area contributed by atoms with Crippen molar-refractivity contribution in [2.75, 3.05) is 6.61 Å². The number of hydrogen-bond acceptors (Lipinski definition) is 10. The van der Waals surface area contributed by atoms with Crippen LogP contribution in [0.4, 0.5) is 0 Å². The number of rotatable bonds is 12. The fraction of sp³-hybridized carbons (Fsp3) is 0.333. The summed E-state index contributed by atoms with van der Waals surface area (Å²) in [6.45, 7) is -1.10. The van der Waals surface area contributed by atoms with E-state index in [0.717, 1.165) is 0 Å². The van der Waals surface area contributed by atoms with Gasteiger partial charge in [0, 0.05) is 11.5 Å². The molecule has 32 heavy (non-hydrogen) atoms. The normalized spacial score (nSPS) is 13.2. The van der Waals surface area contributed by atoms with E-state index in [2.05, 4.69) is 4.52 Å². The maximum absolute atomic E-state index is 11.9. The molecule has 0 bridgehead atoms. The smallest absolute Gasteiger partial charge is 0.766 e. The Bertz CT molecular complexity index is 787. The van der Waals surface area contributed by atoms with E-state index in [1.54, 1.807) is 6.07 Å². The molecule has 0 aliphatic rings. The van der Waals surface area contributed by atoms with Crippen LogP contribution in [0, 0.1) is 0 Å². The Hall–Kier alpha value is 3.76. The van der Waals surface area contributed by atoms with E-state index >= 15 is 0 Å². The average molecular weight is 571 g/mol. The SMILES string of the molecule is O=C([O-])CC[C@H](NP(=O)([O-])OC[C@H](NC(=O)c1ccccc1)C(=O)[O-])C(=O)[O-].[K+].[K+].[K+].[K+]. The molecule has 3 atom stereocenters. The summed E-state index contributed by atoms with van der Waals surface area (Å²) < 4.78 is 16.2. The average Bonchev–Trinajstić information content (AvgIpc) is 2.62. The summed E-state index contributed by atoms with van der Waals surface area (Å²) in [5.41, 5.74) is 0.0940. The first-order chi connectivity index (χ1) is 13.0. The van der Waals surface area contributed by atoms with Gasteiger partial charge in [-0.05, 0) is 25.0 Å². The molecule has 0 fully saturated rings. The summed E-state index contributed by atoms with van der Waals surface area (Å²) in [5.74, 6) is -6.23. The Morgan fingerprint density at radius 2 is 1.41 bits per heavy atom. The van der Waals surface area contributed by atoms with Crippen molar-refractivity contribution in [3.05, 3.63) is 35.9 Å². The minimum absolute atomic E-state index is 0. The van der Waals surface area contributed by atoms with Crippen LogP contribution in [-0.2, 0) is 23.5 Å². The molecule has 1 aromatic rings. The summed E-state index contributed by atoms with van der Waals surface area (Å²) in [7, 11) is -5.15. The first-order valence-electron chi connectivity index (χ1n) is 7.72. The maximum Gasteiger partial charge on any atom is 1.00 e. The van der Waals surface area contributed by atoms with Gasteiger partial charge in [0.15, 0.2) is 0 Å². The van der Waals surface area contributed by atoms with E-state index in [9.17, 15) is 44.0 Å². The number of benzene rings is 1. The van der Waals surface area contributed by atoms with Crippen LogP contribution in [0.25, 0.3) is 0 Å². The van der Waals surface area contributed by atoms with E-state index in [1.807, 2.05) is 5.32 Å². The van der Waals surface area contributed by atoms with Gasteiger partial charge in [-0.1, -0.05) is 18.2 Å². The van der Waals surface area contributed by atoms with Crippen molar-refractivity contribution in [1.82, 2.24) is 10.4 Å². The molecule has 0 saturated carbocycles. The van der Waals surface area contributed by atoms with Gasteiger partial charge in [-0.2, -0.15) is 0 Å². The number of hydrogen-bond donors (Lipinski definition) is 2. The molecule has 1 unspecified atom stereocenters. The molecule has 0 aliphatic carbocycles. The van der Waals surface area contributed by atoms with E-state index in [-0.39, 0.29) is 211 Å². The first kappa shape index (κ1) is 42.8. The fourth-order valence-electron chi connectivity index (χ4n) is 1.90. The van der Waals surface area contributed by atoms with Crippen LogP contribution in [0.5, 0.6) is 0 Å². The van der Waals surface area contributed by atoms with Gasteiger partial charge in [-0.3, -0.25) is 9.36 Å². The van der Waals surface area contributed by atoms with Crippen LogP contribution in [0.2, 0.25) is 0 Å². The molecule has 2 N–H and O–H groups in total. The topological polar surface area (TPSA) is 211 Å². The van der Waals surface area contributed by atoms with Crippen LogP contribution in [0.3, 0.4) is 0 Å². The zero-order chi connectivity index (χ0) is 21.3. The Balaban J connectivity index is -0.000000980. The zero-order valence-electron chi connectivity index (χ0n) is 18.2. The number of carboxylic acids is 3. The number of aliphatic carboxylic acids is 3. The summed E-state index contributed by atoms with van der Waals surface area (Å²) in [6, 6.07) is 3.59. The molecule has 0 saturated heterocycles. The van der Waals surface area contributed by atoms with Crippen molar-refractivity contribution in [3.8, 4) is 0 Å². The summed E-state index contributed by atoms with van der Waals surface area (Å²) >= 11 is 0. The summed E-state index contributed by atoms with van der Waals surface area (Å²) in [4.78, 5) is 56.0. The van der Waals surface area contributed by atoms with Gasteiger partial charge in [0.1, 0.15) is 0 Å². The molecule has 12 nitrogen and oxygen atoms in total. The second kappa shape index (κ2) is 22.7. The summed E-state index contributed by atoms with van der Waals surface area (Å²) in [5, 5.41) is 35.8. The molecule has 1 aromatic carbocycles. The fourth-order valence-corrected chi connectivity index (χ4v) is 2.93. The molecular weight excluding hydrogens is 556 g/mol. The van der Waals surface area contributed by atoms with E-state index in [4.69, 9.17) is 0 Å². The predicted molar refractivity (Wildman–Crippen MR) is 82.4 cm³/mol. The first-order valence-corrected chi connectivity index (χ1v) is 9.27. The van der Waals surface area contributed by atoms with Gasteiger partial charge < -0.3 is 44.4 Å². The molecular formula is C15H15K4N2O10P. The molecule has 17 heteroatoms. The van der Waals surface area contributed by atoms with Gasteiger partial charge in [0.05, 0.1) is 30.6 Å². The Kier molecular flexibility index (Phi) is 30.4. The van der Waals surface area contributed by atoms with Crippen molar-refractivity contribution < 1.29 is 254 Å². The number of carboxylic acid groups (broad SMARTS) is 3. The molecule has 0 spiro atoms. The molecule has 1 rings (SSSR count). The van der Waals surface area contributed by atoms with E-state index < -0.39 is 63.1 Å². The van der Waals surface area contributed by atoms with E-state index in [0.29, 0.717) is 0 Å². The third-order valence-corrected chi connectivity index (χ3v) is 4.39. The molecule has 0 aromatic heterocycles. The third kappa shape index (κ3) is 18.9. The number of carbonyl (C=O) groups excluding carboxylic acids is 4. The van der Waals surface area contributed by atoms with Crippen molar-refractivity contribution in [1.29, 1.82) is 0 Å². The minimum atomic E-state index is -5.15. The van der Waals surface area contributed by atoms with Gasteiger partial charge >= 0.3 is 206 Å². The van der Waals surface area contributed by atoms with Crippen LogP contribution < -0.4 is 236 Å². The molecule has 154 valence electrons. The third-order valence-electron chi connectivity index (χ3n) is 3.27. The van der Waals surface area contributed by atoms with Crippen LogP contribution in [-0.4, -0.2) is 42.5 Å². The van der Waals surface area contributed by atoms with Gasteiger partial charge in [-0.15, -0.1) is 0 Å². The van der Waals surface area contributed by atoms with Crippen LogP contribution >= 0.6 is 7.75 Å². The zero-order valence-corrected chi connectivity index (χ0v) is 31.6. The van der Waals surface area contributed by atoms with Gasteiger partial charge in [0.2, 0.25) is 7.75 Å². The minimum Gasteiger partial charge on any atom is -0.766 e. The second-order valence-corrected chi connectivity index (χ2v) is 6.93. The van der Waals surface area contributed by atoms with Crippen molar-refractivity contribution in [2.24, 2.45) is 0 Å². The van der Waals surface area contributed by atoms with Crippen molar-refractivity contribution in [3.63, 3.8) is 0 Å². The molecule has 0 aliphatic heterocycles. The standard InChI is InChI=1S/C15H19N2O10P.4K/c18-12(19)7-6-10(14(21)22)17-28(25,26)27-8-11(15(23)24)16-13(20)9-4-2-1-3-5-9;;;;/h1-5,10-11H,6-8H2,(H,16,20)(H,18,19)(H,21,22)(H,23,24)(H2,17,25,26);;;;/q;4*+1/p-4/t10-,11-;;;;/m0..../s1. The molecule has 0 heterocycles. The van der Waals surface area contributed by atoms with Gasteiger partial charge in [-0.25, -0.2) is 5.09 Å². The molecule has 0 radical (unpaired) electrons. The van der Waals surface area contributed by atoms with Crippen LogP contribution in [0.1, 0.15) is 23.2 Å². The second-order valence-electron chi connectivity index (χ2n) is 5.42.